The molecule has 2 heteroatoms. The van der Waals surface area contributed by atoms with Crippen molar-refractivity contribution in [3.8, 4) is 0 Å². The number of hydrogen-bond acceptors (Lipinski definition) is 2. The average molecular weight is 250 g/mol. The summed E-state index contributed by atoms with van der Waals surface area (Å²) in [5.74, 6) is 3.19. The van der Waals surface area contributed by atoms with E-state index in [1.807, 2.05) is 0 Å². The first-order valence-electron chi connectivity index (χ1n) is 8.20. The zero-order chi connectivity index (χ0) is 12.5. The highest BCUT2D eigenvalue weighted by Gasteiger charge is 2.40. The maximum absolute atomic E-state index is 3.66. The average Bonchev–Trinajstić information content (AvgIpc) is 3.04. The highest BCUT2D eigenvalue weighted by Crippen LogP contribution is 2.48. The lowest BCUT2D eigenvalue weighted by Crippen LogP contribution is -2.44. The van der Waals surface area contributed by atoms with E-state index in [2.05, 4.69) is 24.1 Å². The Bertz CT molecular complexity index is 270. The highest BCUT2D eigenvalue weighted by atomic mass is 15.2. The predicted molar refractivity (Wildman–Crippen MR) is 76.7 cm³/mol. The standard InChI is InChI=1S/C16H30N2/c1-12(2)18(11-16-4-3-7-17-16)10-15-9-13-5-6-14(15)8-13/h12-17H,3-11H2,1-2H3. The smallest absolute Gasteiger partial charge is 0.0195 e. The van der Waals surface area contributed by atoms with Crippen molar-refractivity contribution in [1.82, 2.24) is 10.2 Å². The van der Waals surface area contributed by atoms with Crippen molar-refractivity contribution in [3.63, 3.8) is 0 Å². The minimum atomic E-state index is 0.714. The van der Waals surface area contributed by atoms with E-state index in [4.69, 9.17) is 0 Å². The molecular weight excluding hydrogens is 220 g/mol. The zero-order valence-electron chi connectivity index (χ0n) is 12.2. The summed E-state index contributed by atoms with van der Waals surface area (Å²) in [7, 11) is 0. The molecule has 0 spiro atoms. The molecule has 2 bridgehead atoms. The van der Waals surface area contributed by atoms with Crippen LogP contribution in [0.3, 0.4) is 0 Å². The quantitative estimate of drug-likeness (QED) is 0.807. The Morgan fingerprint density at radius 3 is 2.56 bits per heavy atom. The Morgan fingerprint density at radius 1 is 1.11 bits per heavy atom. The Balaban J connectivity index is 1.53. The van der Waals surface area contributed by atoms with E-state index in [-0.39, 0.29) is 0 Å². The molecule has 2 saturated carbocycles. The first kappa shape index (κ1) is 12.9. The Kier molecular flexibility index (Phi) is 3.95. The van der Waals surface area contributed by atoms with Gasteiger partial charge in [-0.15, -0.1) is 0 Å². The van der Waals surface area contributed by atoms with Crippen molar-refractivity contribution in [3.05, 3.63) is 0 Å². The third kappa shape index (κ3) is 2.75. The van der Waals surface area contributed by atoms with Crippen molar-refractivity contribution in [2.24, 2.45) is 17.8 Å². The van der Waals surface area contributed by atoms with Crippen LogP contribution in [-0.2, 0) is 0 Å². The monoisotopic (exact) mass is 250 g/mol. The summed E-state index contributed by atoms with van der Waals surface area (Å²) in [6.07, 6.45) is 8.92. The maximum atomic E-state index is 3.66. The third-order valence-corrected chi connectivity index (χ3v) is 5.70. The summed E-state index contributed by atoms with van der Waals surface area (Å²) in [5.41, 5.74) is 0. The Morgan fingerprint density at radius 2 is 2.00 bits per heavy atom. The van der Waals surface area contributed by atoms with Gasteiger partial charge in [0.05, 0.1) is 0 Å². The summed E-state index contributed by atoms with van der Waals surface area (Å²) in [6, 6.07) is 1.48. The molecule has 0 radical (unpaired) electrons. The molecule has 1 aliphatic heterocycles. The molecule has 0 aromatic carbocycles. The van der Waals surface area contributed by atoms with Crippen LogP contribution in [0.2, 0.25) is 0 Å². The van der Waals surface area contributed by atoms with E-state index in [9.17, 15) is 0 Å². The van der Waals surface area contributed by atoms with Gasteiger partial charge in [0.2, 0.25) is 0 Å². The minimum absolute atomic E-state index is 0.714. The number of hydrogen-bond donors (Lipinski definition) is 1. The lowest BCUT2D eigenvalue weighted by molar-refractivity contribution is 0.146. The molecular formula is C16H30N2. The van der Waals surface area contributed by atoms with Gasteiger partial charge in [-0.05, 0) is 70.3 Å². The van der Waals surface area contributed by atoms with Crippen LogP contribution in [0.15, 0.2) is 0 Å². The van der Waals surface area contributed by atoms with Crippen LogP contribution in [0.5, 0.6) is 0 Å². The molecule has 0 aromatic heterocycles. The first-order chi connectivity index (χ1) is 8.72. The van der Waals surface area contributed by atoms with Gasteiger partial charge in [-0.1, -0.05) is 6.42 Å². The summed E-state index contributed by atoms with van der Waals surface area (Å²) in [6.45, 7) is 8.65. The van der Waals surface area contributed by atoms with Crippen LogP contribution in [0.1, 0.15) is 52.4 Å². The Labute approximate surface area is 113 Å². The minimum Gasteiger partial charge on any atom is -0.313 e. The van der Waals surface area contributed by atoms with Crippen LogP contribution in [0.4, 0.5) is 0 Å². The first-order valence-corrected chi connectivity index (χ1v) is 8.20. The fourth-order valence-electron chi connectivity index (χ4n) is 4.59. The van der Waals surface area contributed by atoms with Crippen molar-refractivity contribution < 1.29 is 0 Å². The molecule has 0 amide bonds. The maximum Gasteiger partial charge on any atom is 0.0195 e. The number of rotatable bonds is 5. The summed E-state index contributed by atoms with van der Waals surface area (Å²) in [5, 5.41) is 3.66. The van der Waals surface area contributed by atoms with Gasteiger partial charge in [-0.25, -0.2) is 0 Å². The van der Waals surface area contributed by atoms with E-state index >= 15 is 0 Å². The third-order valence-electron chi connectivity index (χ3n) is 5.70. The van der Waals surface area contributed by atoms with Crippen LogP contribution in [0, 0.1) is 17.8 Å². The van der Waals surface area contributed by atoms with Crippen molar-refractivity contribution in [1.29, 1.82) is 0 Å². The summed E-state index contributed by atoms with van der Waals surface area (Å²) < 4.78 is 0. The highest BCUT2D eigenvalue weighted by molar-refractivity contribution is 4.92. The second kappa shape index (κ2) is 5.50. The lowest BCUT2D eigenvalue weighted by atomic mass is 9.88. The molecule has 0 aromatic rings. The van der Waals surface area contributed by atoms with Gasteiger partial charge in [0.25, 0.3) is 0 Å². The molecule has 1 saturated heterocycles. The molecule has 3 fully saturated rings. The zero-order valence-corrected chi connectivity index (χ0v) is 12.2. The van der Waals surface area contributed by atoms with E-state index in [1.54, 1.807) is 6.42 Å². The van der Waals surface area contributed by atoms with Crippen LogP contribution in [-0.4, -0.2) is 36.6 Å². The number of nitrogens with zero attached hydrogens (tertiary/aromatic N) is 1. The SMILES string of the molecule is CC(C)N(CC1CCCN1)CC1CC2CCC1C2. The second-order valence-electron chi connectivity index (χ2n) is 7.28. The summed E-state index contributed by atoms with van der Waals surface area (Å²) in [4.78, 5) is 2.76. The molecule has 1 N–H and O–H groups in total. The van der Waals surface area contributed by atoms with E-state index in [0.717, 1.165) is 23.8 Å². The number of fused-ring (bicyclic) bond motifs is 2. The second-order valence-corrected chi connectivity index (χ2v) is 7.28. The molecule has 4 unspecified atom stereocenters. The van der Waals surface area contributed by atoms with Crippen molar-refractivity contribution >= 4 is 0 Å². The van der Waals surface area contributed by atoms with Gasteiger partial charge in [-0.3, -0.25) is 4.90 Å². The van der Waals surface area contributed by atoms with Gasteiger partial charge in [0.15, 0.2) is 0 Å². The van der Waals surface area contributed by atoms with Gasteiger partial charge in [0, 0.05) is 25.2 Å². The summed E-state index contributed by atoms with van der Waals surface area (Å²) >= 11 is 0. The molecule has 4 atom stereocenters. The topological polar surface area (TPSA) is 15.3 Å². The molecule has 3 aliphatic rings. The fraction of sp³-hybridized carbons (Fsp3) is 1.00. The lowest BCUT2D eigenvalue weighted by Gasteiger charge is -2.34. The van der Waals surface area contributed by atoms with Gasteiger partial charge < -0.3 is 5.32 Å². The number of nitrogens with one attached hydrogen (secondary N) is 1. The fourth-order valence-corrected chi connectivity index (χ4v) is 4.59. The van der Waals surface area contributed by atoms with Crippen LogP contribution < -0.4 is 5.32 Å². The predicted octanol–water partition coefficient (Wildman–Crippen LogP) is 2.89. The molecule has 18 heavy (non-hydrogen) atoms. The van der Waals surface area contributed by atoms with Crippen LogP contribution in [0.25, 0.3) is 0 Å². The van der Waals surface area contributed by atoms with E-state index < -0.39 is 0 Å². The molecule has 2 aliphatic carbocycles. The van der Waals surface area contributed by atoms with Crippen LogP contribution >= 0.6 is 0 Å². The van der Waals surface area contributed by atoms with Gasteiger partial charge in [-0.2, -0.15) is 0 Å². The largest absolute Gasteiger partial charge is 0.313 e. The molecule has 104 valence electrons. The Hall–Kier alpha value is -0.0800. The van der Waals surface area contributed by atoms with E-state index in [0.29, 0.717) is 6.04 Å². The van der Waals surface area contributed by atoms with Gasteiger partial charge >= 0.3 is 0 Å². The van der Waals surface area contributed by atoms with E-state index in [1.165, 1.54) is 51.7 Å². The molecule has 2 nitrogen and oxygen atoms in total. The van der Waals surface area contributed by atoms with Crippen molar-refractivity contribution in [2.45, 2.75) is 64.5 Å². The normalized spacial score (nSPS) is 39.3. The van der Waals surface area contributed by atoms with Gasteiger partial charge in [0.1, 0.15) is 0 Å². The molecule has 3 rings (SSSR count). The molecule has 1 heterocycles. The van der Waals surface area contributed by atoms with Crippen molar-refractivity contribution in [2.75, 3.05) is 19.6 Å².